The standard InChI is InChI=1S/C20H18O3/c1-12-8-13(2)19(14(3)9-12)23-18-7-6-15-10-17(20(21)22)5-4-16(15)11-18/h4-11H,1-3H3,(H,21,22). The molecule has 3 aromatic rings. The molecule has 1 N–H and O–H groups in total. The van der Waals surface area contributed by atoms with Crippen LogP contribution < -0.4 is 4.74 Å². The third-order valence-corrected chi connectivity index (χ3v) is 3.88. The predicted octanol–water partition coefficient (Wildman–Crippen LogP) is 5.26. The van der Waals surface area contributed by atoms with Crippen molar-refractivity contribution in [1.82, 2.24) is 0 Å². The fourth-order valence-corrected chi connectivity index (χ4v) is 2.87. The Labute approximate surface area is 135 Å². The van der Waals surface area contributed by atoms with Crippen molar-refractivity contribution < 1.29 is 14.6 Å². The zero-order valence-corrected chi connectivity index (χ0v) is 13.4. The molecule has 0 radical (unpaired) electrons. The first-order valence-corrected chi connectivity index (χ1v) is 7.47. The number of hydrogen-bond acceptors (Lipinski definition) is 2. The maximum absolute atomic E-state index is 11.0. The van der Waals surface area contributed by atoms with Crippen molar-refractivity contribution in [3.8, 4) is 11.5 Å². The molecule has 0 heterocycles. The summed E-state index contributed by atoms with van der Waals surface area (Å²) in [4.78, 5) is 11.0. The number of rotatable bonds is 3. The average molecular weight is 306 g/mol. The molecule has 3 rings (SSSR count). The number of ether oxygens (including phenoxy) is 1. The van der Waals surface area contributed by atoms with E-state index in [1.165, 1.54) is 5.56 Å². The molecule has 3 nitrogen and oxygen atoms in total. The number of carbonyl (C=O) groups is 1. The first kappa shape index (κ1) is 15.1. The zero-order chi connectivity index (χ0) is 16.6. The Balaban J connectivity index is 1.98. The summed E-state index contributed by atoms with van der Waals surface area (Å²) in [7, 11) is 0. The van der Waals surface area contributed by atoms with Gasteiger partial charge in [0.1, 0.15) is 11.5 Å². The lowest BCUT2D eigenvalue weighted by Crippen LogP contribution is -1.95. The Hall–Kier alpha value is -2.81. The van der Waals surface area contributed by atoms with Crippen LogP contribution in [-0.4, -0.2) is 11.1 Å². The summed E-state index contributed by atoms with van der Waals surface area (Å²) < 4.78 is 6.06. The van der Waals surface area contributed by atoms with Crippen molar-refractivity contribution in [1.29, 1.82) is 0 Å². The van der Waals surface area contributed by atoms with Crippen LogP contribution in [0.3, 0.4) is 0 Å². The van der Waals surface area contributed by atoms with Gasteiger partial charge in [-0.15, -0.1) is 0 Å². The Morgan fingerprint density at radius 2 is 1.48 bits per heavy atom. The van der Waals surface area contributed by atoms with Crippen LogP contribution >= 0.6 is 0 Å². The molecule has 0 unspecified atom stereocenters. The number of carboxylic acid groups (broad SMARTS) is 1. The van der Waals surface area contributed by atoms with E-state index in [0.29, 0.717) is 0 Å². The highest BCUT2D eigenvalue weighted by Gasteiger charge is 2.08. The Kier molecular flexibility index (Phi) is 3.78. The lowest BCUT2D eigenvalue weighted by atomic mass is 10.1. The van der Waals surface area contributed by atoms with Crippen molar-refractivity contribution in [2.75, 3.05) is 0 Å². The molecule has 0 saturated carbocycles. The van der Waals surface area contributed by atoms with Crippen LogP contribution in [0.1, 0.15) is 27.0 Å². The lowest BCUT2D eigenvalue weighted by Gasteiger charge is -2.13. The largest absolute Gasteiger partial charge is 0.478 e. The number of aromatic carboxylic acids is 1. The maximum Gasteiger partial charge on any atom is 0.335 e. The molecule has 0 spiro atoms. The zero-order valence-electron chi connectivity index (χ0n) is 13.4. The minimum Gasteiger partial charge on any atom is -0.478 e. The van der Waals surface area contributed by atoms with Crippen LogP contribution in [0.25, 0.3) is 10.8 Å². The van der Waals surface area contributed by atoms with Gasteiger partial charge in [-0.3, -0.25) is 0 Å². The quantitative estimate of drug-likeness (QED) is 0.718. The molecule has 0 amide bonds. The summed E-state index contributed by atoms with van der Waals surface area (Å²) in [5.74, 6) is 0.700. The molecule has 0 aromatic heterocycles. The van der Waals surface area contributed by atoms with Gasteiger partial charge in [-0.2, -0.15) is 0 Å². The molecule has 3 aromatic carbocycles. The SMILES string of the molecule is Cc1cc(C)c(Oc2ccc3cc(C(=O)O)ccc3c2)c(C)c1. The molecule has 0 atom stereocenters. The highest BCUT2D eigenvalue weighted by molar-refractivity contribution is 5.94. The molecular weight excluding hydrogens is 288 g/mol. The number of aryl methyl sites for hydroxylation is 3. The van der Waals surface area contributed by atoms with Crippen LogP contribution in [-0.2, 0) is 0 Å². The molecule has 0 bridgehead atoms. The minimum atomic E-state index is -0.918. The molecule has 0 fully saturated rings. The van der Waals surface area contributed by atoms with Crippen molar-refractivity contribution in [2.45, 2.75) is 20.8 Å². The van der Waals surface area contributed by atoms with Crippen molar-refractivity contribution in [3.63, 3.8) is 0 Å². The van der Waals surface area contributed by atoms with Crippen molar-refractivity contribution >= 4 is 16.7 Å². The third-order valence-electron chi connectivity index (χ3n) is 3.88. The van der Waals surface area contributed by atoms with Crippen LogP contribution in [0.15, 0.2) is 48.5 Å². The van der Waals surface area contributed by atoms with Gasteiger partial charge >= 0.3 is 5.97 Å². The highest BCUT2D eigenvalue weighted by Crippen LogP contribution is 2.31. The van der Waals surface area contributed by atoms with E-state index in [4.69, 9.17) is 9.84 Å². The van der Waals surface area contributed by atoms with Gasteiger partial charge in [-0.1, -0.05) is 29.8 Å². The first-order chi connectivity index (χ1) is 10.9. The summed E-state index contributed by atoms with van der Waals surface area (Å²) >= 11 is 0. The van der Waals surface area contributed by atoms with E-state index in [0.717, 1.165) is 33.4 Å². The van der Waals surface area contributed by atoms with Crippen molar-refractivity contribution in [3.05, 3.63) is 70.8 Å². The van der Waals surface area contributed by atoms with E-state index in [9.17, 15) is 4.79 Å². The van der Waals surface area contributed by atoms with E-state index in [-0.39, 0.29) is 5.56 Å². The number of carboxylic acids is 1. The third kappa shape index (κ3) is 3.04. The fraction of sp³-hybridized carbons (Fsp3) is 0.150. The minimum absolute atomic E-state index is 0.288. The molecule has 0 saturated heterocycles. The van der Waals surface area contributed by atoms with Gasteiger partial charge in [0.2, 0.25) is 0 Å². The van der Waals surface area contributed by atoms with Gasteiger partial charge in [-0.25, -0.2) is 4.79 Å². The second-order valence-electron chi connectivity index (χ2n) is 5.86. The van der Waals surface area contributed by atoms with E-state index >= 15 is 0 Å². The lowest BCUT2D eigenvalue weighted by molar-refractivity contribution is 0.0697. The Morgan fingerprint density at radius 3 is 2.13 bits per heavy atom. The molecule has 0 aliphatic rings. The molecule has 23 heavy (non-hydrogen) atoms. The predicted molar refractivity (Wildman–Crippen MR) is 91.6 cm³/mol. The first-order valence-electron chi connectivity index (χ1n) is 7.47. The second kappa shape index (κ2) is 5.76. The highest BCUT2D eigenvalue weighted by atomic mass is 16.5. The van der Waals surface area contributed by atoms with E-state index in [1.54, 1.807) is 18.2 Å². The molecule has 0 aliphatic heterocycles. The summed E-state index contributed by atoms with van der Waals surface area (Å²) in [6.07, 6.45) is 0. The number of hydrogen-bond donors (Lipinski definition) is 1. The fourth-order valence-electron chi connectivity index (χ4n) is 2.87. The normalized spacial score (nSPS) is 10.7. The Morgan fingerprint density at radius 1 is 0.870 bits per heavy atom. The van der Waals surface area contributed by atoms with E-state index < -0.39 is 5.97 Å². The van der Waals surface area contributed by atoms with Gasteiger partial charge in [0.25, 0.3) is 0 Å². The Bertz CT molecular complexity index is 887. The average Bonchev–Trinajstić information content (AvgIpc) is 2.50. The topological polar surface area (TPSA) is 46.5 Å². The number of fused-ring (bicyclic) bond motifs is 1. The maximum atomic E-state index is 11.0. The van der Waals surface area contributed by atoms with Gasteiger partial charge in [0.05, 0.1) is 5.56 Å². The van der Waals surface area contributed by atoms with Crippen LogP contribution in [0.4, 0.5) is 0 Å². The van der Waals surface area contributed by atoms with Crippen LogP contribution in [0.2, 0.25) is 0 Å². The summed E-state index contributed by atoms with van der Waals surface area (Å²) in [6, 6.07) is 15.0. The summed E-state index contributed by atoms with van der Waals surface area (Å²) in [5.41, 5.74) is 3.70. The molecule has 3 heteroatoms. The smallest absolute Gasteiger partial charge is 0.335 e. The second-order valence-corrected chi connectivity index (χ2v) is 5.86. The molecule has 116 valence electrons. The summed E-state index contributed by atoms with van der Waals surface area (Å²) in [6.45, 7) is 6.14. The molecular formula is C20H18O3. The molecule has 0 aliphatic carbocycles. The number of benzene rings is 3. The van der Waals surface area contributed by atoms with E-state index in [1.807, 2.05) is 32.0 Å². The monoisotopic (exact) mass is 306 g/mol. The van der Waals surface area contributed by atoms with Gasteiger partial charge < -0.3 is 9.84 Å². The van der Waals surface area contributed by atoms with Crippen molar-refractivity contribution in [2.24, 2.45) is 0 Å². The summed E-state index contributed by atoms with van der Waals surface area (Å²) in [5, 5.41) is 10.9. The van der Waals surface area contributed by atoms with Crippen LogP contribution in [0.5, 0.6) is 11.5 Å². The van der Waals surface area contributed by atoms with E-state index in [2.05, 4.69) is 19.1 Å². The van der Waals surface area contributed by atoms with Gasteiger partial charge in [-0.05, 0) is 66.9 Å². The van der Waals surface area contributed by atoms with Gasteiger partial charge in [0.15, 0.2) is 0 Å². The van der Waals surface area contributed by atoms with Crippen LogP contribution in [0, 0.1) is 20.8 Å². The van der Waals surface area contributed by atoms with Gasteiger partial charge in [0, 0.05) is 0 Å².